The molecule has 8 heteroatoms. The van der Waals surface area contributed by atoms with Crippen molar-refractivity contribution in [2.75, 3.05) is 0 Å². The lowest BCUT2D eigenvalue weighted by atomic mass is 10.1. The van der Waals surface area contributed by atoms with Crippen LogP contribution in [0, 0.1) is 13.8 Å². The number of thioether (sulfide) groups is 1. The third-order valence-electron chi connectivity index (χ3n) is 4.23. The lowest BCUT2D eigenvalue weighted by molar-refractivity contribution is -0.119. The molecule has 0 aliphatic rings. The van der Waals surface area contributed by atoms with Gasteiger partial charge in [0.05, 0.1) is 6.54 Å². The quantitative estimate of drug-likeness (QED) is 0.436. The zero-order valence-corrected chi connectivity index (χ0v) is 17.9. The summed E-state index contributed by atoms with van der Waals surface area (Å²) in [7, 11) is 0. The third-order valence-corrected chi connectivity index (χ3v) is 5.60. The smallest absolute Gasteiger partial charge is 0.253 e. The average molecular weight is 435 g/mol. The molecule has 146 valence electrons. The summed E-state index contributed by atoms with van der Waals surface area (Å²) >= 11 is 12.8. The van der Waals surface area contributed by atoms with Crippen molar-refractivity contribution < 1.29 is 4.79 Å². The van der Waals surface area contributed by atoms with E-state index in [-0.39, 0.29) is 6.54 Å². The summed E-state index contributed by atoms with van der Waals surface area (Å²) in [5.41, 5.74) is 4.57. The van der Waals surface area contributed by atoms with Crippen LogP contribution in [0.4, 0.5) is 0 Å². The Morgan fingerprint density at radius 1 is 1.11 bits per heavy atom. The summed E-state index contributed by atoms with van der Waals surface area (Å²) in [6.07, 6.45) is 0. The van der Waals surface area contributed by atoms with E-state index in [1.165, 1.54) is 11.1 Å². The predicted octanol–water partition coefficient (Wildman–Crippen LogP) is 4.60. The minimum absolute atomic E-state index is 0.181. The largest absolute Gasteiger partial charge is 0.346 e. The maximum absolute atomic E-state index is 11.7. The number of nitrogens with zero attached hydrogens (tertiary/aromatic N) is 3. The molecule has 0 spiro atoms. The molecule has 0 saturated heterocycles. The summed E-state index contributed by atoms with van der Waals surface area (Å²) in [6.45, 7) is 4.31. The maximum Gasteiger partial charge on any atom is 0.253 e. The third kappa shape index (κ3) is 5.07. The molecule has 1 aromatic heterocycles. The van der Waals surface area contributed by atoms with Crippen LogP contribution < -0.4 is 5.32 Å². The van der Waals surface area contributed by atoms with E-state index >= 15 is 0 Å². The molecule has 1 amide bonds. The molecule has 0 aliphatic heterocycles. The molecule has 0 aliphatic carbocycles. The molecule has 1 heterocycles. The first-order valence-corrected chi connectivity index (χ1v) is 10.6. The van der Waals surface area contributed by atoms with Gasteiger partial charge in [0.2, 0.25) is 0 Å². The highest BCUT2D eigenvalue weighted by Gasteiger charge is 2.17. The number of alkyl halides is 2. The van der Waals surface area contributed by atoms with Crippen molar-refractivity contribution in [2.45, 2.75) is 36.1 Å². The van der Waals surface area contributed by atoms with Crippen LogP contribution in [0.3, 0.4) is 0 Å². The lowest BCUT2D eigenvalue weighted by Gasteiger charge is -2.12. The molecular weight excluding hydrogens is 415 g/mol. The molecule has 0 fully saturated rings. The van der Waals surface area contributed by atoms with Crippen LogP contribution in [0.2, 0.25) is 0 Å². The molecule has 5 nitrogen and oxygen atoms in total. The lowest BCUT2D eigenvalue weighted by Crippen LogP contribution is -2.29. The number of carbonyl (C=O) groups excluding carboxylic acids is 1. The second-order valence-electron chi connectivity index (χ2n) is 6.30. The first-order valence-electron chi connectivity index (χ1n) is 8.70. The van der Waals surface area contributed by atoms with Crippen molar-refractivity contribution in [1.82, 2.24) is 20.1 Å². The Balaban J connectivity index is 1.87. The summed E-state index contributed by atoms with van der Waals surface area (Å²) < 4.78 is 1.94. The Morgan fingerprint density at radius 3 is 2.50 bits per heavy atom. The number of rotatable bonds is 7. The van der Waals surface area contributed by atoms with Gasteiger partial charge in [-0.3, -0.25) is 9.36 Å². The van der Waals surface area contributed by atoms with Crippen LogP contribution in [0.1, 0.15) is 22.5 Å². The number of nitrogens with one attached hydrogen (secondary N) is 1. The molecule has 0 unspecified atom stereocenters. The van der Waals surface area contributed by atoms with Gasteiger partial charge in [0.25, 0.3) is 5.91 Å². The molecule has 0 saturated carbocycles. The van der Waals surface area contributed by atoms with Gasteiger partial charge >= 0.3 is 0 Å². The fraction of sp³-hybridized carbons (Fsp3) is 0.250. The highest BCUT2D eigenvalue weighted by Crippen LogP contribution is 2.26. The minimum Gasteiger partial charge on any atom is -0.346 e. The fourth-order valence-electron chi connectivity index (χ4n) is 2.62. The Hall–Kier alpha value is -2.02. The Morgan fingerprint density at radius 2 is 1.82 bits per heavy atom. The standard InChI is InChI=1S/C20H20Cl2N4OS/c1-13-7-9-16(10-8-13)26-17(11-23-19(27)18(21)22)24-25-20(26)28-12-15-6-4-3-5-14(15)2/h3-10,18H,11-12H2,1-2H3,(H,23,27). The van der Waals surface area contributed by atoms with Crippen LogP contribution >= 0.6 is 35.0 Å². The van der Waals surface area contributed by atoms with Crippen molar-refractivity contribution in [2.24, 2.45) is 0 Å². The molecule has 1 N–H and O–H groups in total. The number of halogens is 2. The van der Waals surface area contributed by atoms with Crippen molar-refractivity contribution >= 4 is 40.9 Å². The topological polar surface area (TPSA) is 59.8 Å². The summed E-state index contributed by atoms with van der Waals surface area (Å²) in [5, 5.41) is 12.0. The van der Waals surface area contributed by atoms with E-state index in [2.05, 4.69) is 34.6 Å². The Bertz CT molecular complexity index is 957. The zero-order valence-electron chi connectivity index (χ0n) is 15.5. The molecular formula is C20H20Cl2N4OS. The number of carbonyl (C=O) groups is 1. The monoisotopic (exact) mass is 434 g/mol. The molecule has 28 heavy (non-hydrogen) atoms. The van der Waals surface area contributed by atoms with Crippen molar-refractivity contribution in [1.29, 1.82) is 0 Å². The Labute approximate surface area is 178 Å². The van der Waals surface area contributed by atoms with Crippen LogP contribution in [-0.2, 0) is 17.1 Å². The van der Waals surface area contributed by atoms with Gasteiger partial charge in [0, 0.05) is 11.4 Å². The van der Waals surface area contributed by atoms with E-state index in [1.54, 1.807) is 11.8 Å². The van der Waals surface area contributed by atoms with Gasteiger partial charge in [-0.05, 0) is 37.1 Å². The van der Waals surface area contributed by atoms with Crippen molar-refractivity contribution in [3.8, 4) is 5.69 Å². The normalized spacial score (nSPS) is 11.0. The first kappa shape index (κ1) is 20.7. The summed E-state index contributed by atoms with van der Waals surface area (Å²) in [5.74, 6) is 0.920. The van der Waals surface area contributed by atoms with Gasteiger partial charge < -0.3 is 5.32 Å². The SMILES string of the molecule is Cc1ccc(-n2c(CNC(=O)C(Cl)Cl)nnc2SCc2ccccc2C)cc1. The number of hydrogen-bond donors (Lipinski definition) is 1. The second kappa shape index (κ2) is 9.45. The predicted molar refractivity (Wildman–Crippen MR) is 114 cm³/mol. The van der Waals surface area contributed by atoms with Crippen LogP contribution in [0.5, 0.6) is 0 Å². The molecule has 0 atom stereocenters. The van der Waals surface area contributed by atoms with Gasteiger partial charge in [-0.1, -0.05) is 76.9 Å². The van der Waals surface area contributed by atoms with Gasteiger partial charge in [-0.15, -0.1) is 10.2 Å². The highest BCUT2D eigenvalue weighted by molar-refractivity contribution is 7.98. The van der Waals surface area contributed by atoms with Crippen LogP contribution in [-0.4, -0.2) is 25.5 Å². The van der Waals surface area contributed by atoms with Crippen molar-refractivity contribution in [3.63, 3.8) is 0 Å². The van der Waals surface area contributed by atoms with Crippen LogP contribution in [0.25, 0.3) is 5.69 Å². The fourth-order valence-corrected chi connectivity index (χ4v) is 3.82. The average Bonchev–Trinajstić information content (AvgIpc) is 3.08. The summed E-state index contributed by atoms with van der Waals surface area (Å²) in [4.78, 5) is 10.6. The molecule has 3 aromatic rings. The van der Waals surface area contributed by atoms with Gasteiger partial charge in [-0.25, -0.2) is 0 Å². The van der Waals surface area contributed by atoms with Gasteiger partial charge in [-0.2, -0.15) is 0 Å². The van der Waals surface area contributed by atoms with E-state index in [0.29, 0.717) is 5.82 Å². The van der Waals surface area contributed by atoms with E-state index in [0.717, 1.165) is 22.2 Å². The zero-order chi connectivity index (χ0) is 20.1. The Kier molecular flexibility index (Phi) is 6.99. The van der Waals surface area contributed by atoms with E-state index < -0.39 is 10.7 Å². The first-order chi connectivity index (χ1) is 13.5. The molecule has 0 bridgehead atoms. The molecule has 3 rings (SSSR count). The van der Waals surface area contributed by atoms with Gasteiger partial charge in [0.15, 0.2) is 15.8 Å². The number of hydrogen-bond acceptors (Lipinski definition) is 4. The molecule has 0 radical (unpaired) electrons. The number of amides is 1. The van der Waals surface area contributed by atoms with Crippen molar-refractivity contribution in [3.05, 3.63) is 71.0 Å². The second-order valence-corrected chi connectivity index (χ2v) is 8.34. The van der Waals surface area contributed by atoms with Crippen LogP contribution in [0.15, 0.2) is 53.7 Å². The highest BCUT2D eigenvalue weighted by atomic mass is 35.5. The number of aromatic nitrogens is 3. The van der Waals surface area contributed by atoms with Gasteiger partial charge in [0.1, 0.15) is 0 Å². The van der Waals surface area contributed by atoms with E-state index in [9.17, 15) is 4.79 Å². The van der Waals surface area contributed by atoms with E-state index in [4.69, 9.17) is 23.2 Å². The maximum atomic E-state index is 11.7. The number of aryl methyl sites for hydroxylation is 2. The summed E-state index contributed by atoms with van der Waals surface area (Å²) in [6, 6.07) is 16.3. The number of benzene rings is 2. The van der Waals surface area contributed by atoms with E-state index in [1.807, 2.05) is 47.9 Å². The molecule has 2 aromatic carbocycles. The minimum atomic E-state index is -1.12.